The lowest BCUT2D eigenvalue weighted by molar-refractivity contribution is 0.00867. The lowest BCUT2D eigenvalue weighted by Gasteiger charge is -2.36. The minimum absolute atomic E-state index is 0. The van der Waals surface area contributed by atoms with Crippen LogP contribution in [-0.4, -0.2) is 98.6 Å². The third-order valence-corrected chi connectivity index (χ3v) is 5.57. The Morgan fingerprint density at radius 3 is 2.43 bits per heavy atom. The predicted octanol–water partition coefficient (Wildman–Crippen LogP) is 1.36. The van der Waals surface area contributed by atoms with Crippen molar-refractivity contribution < 1.29 is 9.84 Å². The van der Waals surface area contributed by atoms with Crippen molar-refractivity contribution in [3.63, 3.8) is 0 Å². The van der Waals surface area contributed by atoms with E-state index >= 15 is 0 Å². The summed E-state index contributed by atoms with van der Waals surface area (Å²) in [5.74, 6) is 1.50. The number of halogens is 1. The molecule has 8 heteroatoms. The summed E-state index contributed by atoms with van der Waals surface area (Å²) in [5, 5.41) is 16.5. The smallest absolute Gasteiger partial charge is 0.191 e. The molecule has 2 aliphatic rings. The largest absolute Gasteiger partial charge is 0.393 e. The van der Waals surface area contributed by atoms with Crippen molar-refractivity contribution in [3.8, 4) is 0 Å². The van der Waals surface area contributed by atoms with Gasteiger partial charge in [0.15, 0.2) is 5.96 Å². The number of aliphatic imine (C=N–C) groups is 1. The van der Waals surface area contributed by atoms with Crippen molar-refractivity contribution in [2.24, 2.45) is 10.9 Å². The van der Waals surface area contributed by atoms with Crippen LogP contribution in [0.25, 0.3) is 0 Å². The van der Waals surface area contributed by atoms with Gasteiger partial charge in [0.25, 0.3) is 0 Å². The number of nitrogens with zero attached hydrogens (tertiary/aromatic N) is 3. The maximum atomic E-state index is 9.59. The third kappa shape index (κ3) is 9.56. The van der Waals surface area contributed by atoms with Crippen LogP contribution in [0.5, 0.6) is 0 Å². The van der Waals surface area contributed by atoms with E-state index in [4.69, 9.17) is 9.73 Å². The molecular formula is C20H42IN5O2. The number of guanidine groups is 1. The highest BCUT2D eigenvalue weighted by atomic mass is 127. The van der Waals surface area contributed by atoms with Crippen LogP contribution in [0.2, 0.25) is 0 Å². The topological polar surface area (TPSA) is 72.4 Å². The number of morpholine rings is 1. The lowest BCUT2D eigenvalue weighted by Crippen LogP contribution is -2.48. The highest BCUT2D eigenvalue weighted by Gasteiger charge is 2.23. The van der Waals surface area contributed by atoms with E-state index in [1.165, 1.54) is 0 Å². The molecule has 1 unspecified atom stereocenters. The molecule has 7 nitrogen and oxygen atoms in total. The van der Waals surface area contributed by atoms with Gasteiger partial charge < -0.3 is 25.4 Å². The molecule has 1 atom stereocenters. The van der Waals surface area contributed by atoms with Gasteiger partial charge in [-0.1, -0.05) is 13.8 Å². The van der Waals surface area contributed by atoms with Crippen LogP contribution in [0.1, 0.15) is 40.0 Å². The number of aliphatic hydroxyl groups excluding tert-OH is 1. The molecule has 0 aromatic heterocycles. The monoisotopic (exact) mass is 511 g/mol. The standard InChI is InChI=1S/C20H41N5O2.HI/c1-4-21-20(22-8-5-9-24-10-6-18(26)7-11-24)23-16-19(17(2)3)25-12-14-27-15-13-25;/h17-19,26H,4-16H2,1-3H3,(H2,21,22,23);1H. The molecule has 0 radical (unpaired) electrons. The van der Waals surface area contributed by atoms with E-state index in [1.54, 1.807) is 0 Å². The van der Waals surface area contributed by atoms with E-state index in [1.807, 2.05) is 0 Å². The fourth-order valence-corrected chi connectivity index (χ4v) is 3.84. The zero-order valence-corrected chi connectivity index (χ0v) is 20.4. The molecule has 0 bridgehead atoms. The van der Waals surface area contributed by atoms with Crippen LogP contribution in [0.4, 0.5) is 0 Å². The van der Waals surface area contributed by atoms with E-state index < -0.39 is 0 Å². The van der Waals surface area contributed by atoms with Crippen molar-refractivity contribution in [2.75, 3.05) is 65.6 Å². The summed E-state index contributed by atoms with van der Waals surface area (Å²) in [6, 6.07) is 0.462. The minimum Gasteiger partial charge on any atom is -0.393 e. The molecule has 0 spiro atoms. The van der Waals surface area contributed by atoms with Gasteiger partial charge in [-0.3, -0.25) is 9.89 Å². The Kier molecular flexibility index (Phi) is 13.6. The Hall–Kier alpha value is -0.160. The number of hydrogen-bond donors (Lipinski definition) is 3. The Labute approximate surface area is 188 Å². The van der Waals surface area contributed by atoms with Crippen molar-refractivity contribution >= 4 is 29.9 Å². The summed E-state index contributed by atoms with van der Waals surface area (Å²) in [7, 11) is 0. The second-order valence-electron chi connectivity index (χ2n) is 8.03. The maximum absolute atomic E-state index is 9.59. The highest BCUT2D eigenvalue weighted by Crippen LogP contribution is 2.13. The summed E-state index contributed by atoms with van der Waals surface area (Å²) in [5.41, 5.74) is 0. The molecule has 166 valence electrons. The van der Waals surface area contributed by atoms with Crippen molar-refractivity contribution in [1.82, 2.24) is 20.4 Å². The van der Waals surface area contributed by atoms with Gasteiger partial charge in [-0.25, -0.2) is 0 Å². The van der Waals surface area contributed by atoms with Gasteiger partial charge in [0.1, 0.15) is 0 Å². The van der Waals surface area contributed by atoms with Gasteiger partial charge >= 0.3 is 0 Å². The van der Waals surface area contributed by atoms with Crippen LogP contribution >= 0.6 is 24.0 Å². The Morgan fingerprint density at radius 2 is 1.82 bits per heavy atom. The number of hydrogen-bond acceptors (Lipinski definition) is 5. The van der Waals surface area contributed by atoms with Gasteiger partial charge in [-0.15, -0.1) is 24.0 Å². The molecule has 2 rings (SSSR count). The Morgan fingerprint density at radius 1 is 1.14 bits per heavy atom. The number of nitrogens with one attached hydrogen (secondary N) is 2. The summed E-state index contributed by atoms with van der Waals surface area (Å²) >= 11 is 0. The molecule has 0 aliphatic carbocycles. The fraction of sp³-hybridized carbons (Fsp3) is 0.950. The second kappa shape index (κ2) is 14.8. The molecule has 0 saturated carbocycles. The summed E-state index contributed by atoms with van der Waals surface area (Å²) in [6.45, 7) is 16.1. The van der Waals surface area contributed by atoms with Crippen molar-refractivity contribution in [2.45, 2.75) is 52.2 Å². The van der Waals surface area contributed by atoms with Gasteiger partial charge in [0.05, 0.1) is 25.9 Å². The number of ether oxygens (including phenoxy) is 1. The molecule has 2 heterocycles. The van der Waals surface area contributed by atoms with Crippen LogP contribution in [-0.2, 0) is 4.74 Å². The van der Waals surface area contributed by atoms with Gasteiger partial charge in [0, 0.05) is 45.3 Å². The lowest BCUT2D eigenvalue weighted by atomic mass is 10.0. The first-order valence-electron chi connectivity index (χ1n) is 10.8. The van der Waals surface area contributed by atoms with Gasteiger partial charge in [-0.2, -0.15) is 0 Å². The third-order valence-electron chi connectivity index (χ3n) is 5.57. The Bertz CT molecular complexity index is 425. The van der Waals surface area contributed by atoms with E-state index in [0.717, 1.165) is 90.8 Å². The first kappa shape index (κ1) is 25.9. The molecule has 0 aromatic carbocycles. The first-order chi connectivity index (χ1) is 13.1. The average molecular weight is 511 g/mol. The number of rotatable bonds is 9. The van der Waals surface area contributed by atoms with E-state index in [0.29, 0.717) is 12.0 Å². The SMILES string of the molecule is CCNC(=NCC(C(C)C)N1CCOCC1)NCCCN1CCC(O)CC1.I. The molecular weight excluding hydrogens is 469 g/mol. The fourth-order valence-electron chi connectivity index (χ4n) is 3.84. The van der Waals surface area contributed by atoms with E-state index in [9.17, 15) is 5.11 Å². The highest BCUT2D eigenvalue weighted by molar-refractivity contribution is 14.0. The van der Waals surface area contributed by atoms with Gasteiger partial charge in [-0.05, 0) is 38.6 Å². The van der Waals surface area contributed by atoms with Crippen LogP contribution in [0, 0.1) is 5.92 Å². The van der Waals surface area contributed by atoms with Crippen LogP contribution in [0.15, 0.2) is 4.99 Å². The Balaban J connectivity index is 0.00000392. The molecule has 2 saturated heterocycles. The number of piperidine rings is 1. The van der Waals surface area contributed by atoms with Crippen molar-refractivity contribution in [1.29, 1.82) is 0 Å². The molecule has 3 N–H and O–H groups in total. The zero-order valence-electron chi connectivity index (χ0n) is 18.0. The van der Waals surface area contributed by atoms with Gasteiger partial charge in [0.2, 0.25) is 0 Å². The summed E-state index contributed by atoms with van der Waals surface area (Å²) < 4.78 is 5.50. The molecule has 0 amide bonds. The first-order valence-corrected chi connectivity index (χ1v) is 10.8. The quantitative estimate of drug-likeness (QED) is 0.188. The summed E-state index contributed by atoms with van der Waals surface area (Å²) in [6.07, 6.45) is 2.83. The normalized spacial score (nSPS) is 21.4. The minimum atomic E-state index is -0.0905. The number of likely N-dealkylation sites (tertiary alicyclic amines) is 1. The van der Waals surface area contributed by atoms with E-state index in [-0.39, 0.29) is 30.1 Å². The number of aliphatic hydroxyl groups is 1. The molecule has 0 aromatic rings. The maximum Gasteiger partial charge on any atom is 0.191 e. The zero-order chi connectivity index (χ0) is 19.5. The van der Waals surface area contributed by atoms with Crippen LogP contribution in [0.3, 0.4) is 0 Å². The molecule has 28 heavy (non-hydrogen) atoms. The molecule has 2 fully saturated rings. The molecule has 2 aliphatic heterocycles. The predicted molar refractivity (Wildman–Crippen MR) is 127 cm³/mol. The average Bonchev–Trinajstić information content (AvgIpc) is 2.67. The van der Waals surface area contributed by atoms with Crippen LogP contribution < -0.4 is 10.6 Å². The van der Waals surface area contributed by atoms with E-state index in [2.05, 4.69) is 41.2 Å². The summed E-state index contributed by atoms with van der Waals surface area (Å²) in [4.78, 5) is 9.84. The van der Waals surface area contributed by atoms with Crippen molar-refractivity contribution in [3.05, 3.63) is 0 Å². The second-order valence-corrected chi connectivity index (χ2v) is 8.03.